The summed E-state index contributed by atoms with van der Waals surface area (Å²) in [5.74, 6) is -2.29. The van der Waals surface area contributed by atoms with E-state index in [9.17, 15) is 19.2 Å². The normalized spacial score (nSPS) is 11.5. The number of amides is 1. The molecule has 2 aromatic carbocycles. The molecule has 0 aromatic heterocycles. The molecule has 2 rings (SSSR count). The van der Waals surface area contributed by atoms with E-state index in [4.69, 9.17) is 21.1 Å². The Labute approximate surface area is 185 Å². The lowest BCUT2D eigenvalue weighted by Crippen LogP contribution is -2.44. The van der Waals surface area contributed by atoms with Crippen molar-refractivity contribution in [3.63, 3.8) is 0 Å². The third-order valence-corrected chi connectivity index (χ3v) is 4.61. The van der Waals surface area contributed by atoms with E-state index in [1.807, 2.05) is 13.8 Å². The molecule has 1 unspecified atom stereocenters. The number of nitrogens with one attached hydrogen (secondary N) is 1. The predicted molar refractivity (Wildman–Crippen MR) is 115 cm³/mol. The lowest BCUT2D eigenvalue weighted by molar-refractivity contribution is -0.145. The molecule has 7 nitrogen and oxygen atoms in total. The van der Waals surface area contributed by atoms with E-state index < -0.39 is 30.5 Å². The minimum Gasteiger partial charge on any atom is -0.467 e. The molecule has 0 saturated carbocycles. The van der Waals surface area contributed by atoms with E-state index in [1.54, 1.807) is 36.4 Å². The van der Waals surface area contributed by atoms with Crippen LogP contribution in [-0.4, -0.2) is 43.4 Å². The van der Waals surface area contributed by atoms with Crippen molar-refractivity contribution in [3.05, 3.63) is 70.2 Å². The summed E-state index contributed by atoms with van der Waals surface area (Å²) in [5, 5.41) is 2.99. The summed E-state index contributed by atoms with van der Waals surface area (Å²) in [6, 6.07) is 11.6. The number of esters is 2. The Morgan fingerprint density at radius 1 is 0.968 bits per heavy atom. The minimum absolute atomic E-state index is 0.0296. The number of hydrogen-bond acceptors (Lipinski definition) is 6. The standard InChI is InChI=1S/C23H24ClNO6/c1-14(2)12-19(23(29)30-3)25-20(26)13-31-22(28)18-7-5-4-6-17(18)21(27)15-8-10-16(24)11-9-15/h4-11,14,19H,12-13H2,1-3H3,(H,25,26). The molecular weight excluding hydrogens is 422 g/mol. The van der Waals surface area contributed by atoms with Gasteiger partial charge < -0.3 is 14.8 Å². The van der Waals surface area contributed by atoms with Crippen LogP contribution >= 0.6 is 11.6 Å². The van der Waals surface area contributed by atoms with Crippen LogP contribution in [0.15, 0.2) is 48.5 Å². The molecule has 164 valence electrons. The van der Waals surface area contributed by atoms with Gasteiger partial charge in [-0.2, -0.15) is 0 Å². The van der Waals surface area contributed by atoms with Gasteiger partial charge in [-0.1, -0.05) is 43.6 Å². The molecule has 0 bridgehead atoms. The van der Waals surface area contributed by atoms with Crippen molar-refractivity contribution in [2.45, 2.75) is 26.3 Å². The molecule has 0 aliphatic carbocycles. The summed E-state index contributed by atoms with van der Waals surface area (Å²) in [5.41, 5.74) is 0.529. The van der Waals surface area contributed by atoms with Crippen molar-refractivity contribution in [1.29, 1.82) is 0 Å². The Morgan fingerprint density at radius 2 is 1.58 bits per heavy atom. The van der Waals surface area contributed by atoms with Crippen LogP contribution in [-0.2, 0) is 19.1 Å². The molecule has 0 heterocycles. The monoisotopic (exact) mass is 445 g/mol. The van der Waals surface area contributed by atoms with E-state index in [2.05, 4.69) is 5.32 Å². The van der Waals surface area contributed by atoms with Crippen LogP contribution in [0.1, 0.15) is 46.5 Å². The summed E-state index contributed by atoms with van der Waals surface area (Å²) < 4.78 is 9.77. The van der Waals surface area contributed by atoms with E-state index in [0.29, 0.717) is 17.0 Å². The van der Waals surface area contributed by atoms with Crippen molar-refractivity contribution in [1.82, 2.24) is 5.32 Å². The van der Waals surface area contributed by atoms with Crippen LogP contribution in [0.4, 0.5) is 0 Å². The molecule has 0 saturated heterocycles. The minimum atomic E-state index is -0.838. The maximum atomic E-state index is 12.8. The molecule has 0 fully saturated rings. The van der Waals surface area contributed by atoms with Crippen molar-refractivity contribution < 1.29 is 28.7 Å². The van der Waals surface area contributed by atoms with E-state index in [-0.39, 0.29) is 22.8 Å². The number of ether oxygens (including phenoxy) is 2. The van der Waals surface area contributed by atoms with Gasteiger partial charge in [0.15, 0.2) is 12.4 Å². The second kappa shape index (κ2) is 11.3. The first-order chi connectivity index (χ1) is 14.7. The first kappa shape index (κ1) is 24.1. The fourth-order valence-corrected chi connectivity index (χ4v) is 3.01. The Kier molecular flexibility index (Phi) is 8.75. The van der Waals surface area contributed by atoms with Crippen molar-refractivity contribution in [2.24, 2.45) is 5.92 Å². The highest BCUT2D eigenvalue weighted by atomic mass is 35.5. The quantitative estimate of drug-likeness (QED) is 0.469. The predicted octanol–water partition coefficient (Wildman–Crippen LogP) is 3.43. The van der Waals surface area contributed by atoms with Gasteiger partial charge in [0.05, 0.1) is 12.7 Å². The topological polar surface area (TPSA) is 98.8 Å². The Bertz CT molecular complexity index is 955. The fourth-order valence-electron chi connectivity index (χ4n) is 2.89. The molecule has 1 amide bonds. The molecule has 1 atom stereocenters. The third kappa shape index (κ3) is 6.93. The first-order valence-corrected chi connectivity index (χ1v) is 10.0. The highest BCUT2D eigenvalue weighted by molar-refractivity contribution is 6.30. The molecular formula is C23H24ClNO6. The number of carbonyl (C=O) groups is 4. The van der Waals surface area contributed by atoms with Crippen molar-refractivity contribution in [3.8, 4) is 0 Å². The highest BCUT2D eigenvalue weighted by Gasteiger charge is 2.24. The zero-order chi connectivity index (χ0) is 23.0. The van der Waals surface area contributed by atoms with Gasteiger partial charge in [0.2, 0.25) is 0 Å². The van der Waals surface area contributed by atoms with Gasteiger partial charge in [0.1, 0.15) is 6.04 Å². The molecule has 0 spiro atoms. The van der Waals surface area contributed by atoms with E-state index >= 15 is 0 Å². The van der Waals surface area contributed by atoms with Crippen LogP contribution in [0.3, 0.4) is 0 Å². The van der Waals surface area contributed by atoms with Crippen molar-refractivity contribution in [2.75, 3.05) is 13.7 Å². The Morgan fingerprint density at radius 3 is 2.16 bits per heavy atom. The van der Waals surface area contributed by atoms with Gasteiger partial charge in [0.25, 0.3) is 5.91 Å². The molecule has 0 radical (unpaired) electrons. The molecule has 8 heteroatoms. The molecule has 1 N–H and O–H groups in total. The largest absolute Gasteiger partial charge is 0.467 e. The van der Waals surface area contributed by atoms with Crippen LogP contribution in [0.5, 0.6) is 0 Å². The Hall–Kier alpha value is -3.19. The number of methoxy groups -OCH3 is 1. The second-order valence-electron chi connectivity index (χ2n) is 7.23. The number of benzene rings is 2. The van der Waals surface area contributed by atoms with Gasteiger partial charge in [-0.25, -0.2) is 9.59 Å². The summed E-state index contributed by atoms with van der Waals surface area (Å²) in [6.07, 6.45) is 0.380. The van der Waals surface area contributed by atoms with Gasteiger partial charge >= 0.3 is 11.9 Å². The maximum Gasteiger partial charge on any atom is 0.339 e. The number of ketones is 1. The van der Waals surface area contributed by atoms with Crippen molar-refractivity contribution >= 4 is 35.2 Å². The lowest BCUT2D eigenvalue weighted by Gasteiger charge is -2.18. The SMILES string of the molecule is COC(=O)C(CC(C)C)NC(=O)COC(=O)c1ccccc1C(=O)c1ccc(Cl)cc1. The second-order valence-corrected chi connectivity index (χ2v) is 7.67. The summed E-state index contributed by atoms with van der Waals surface area (Å²) in [6.45, 7) is 3.20. The van der Waals surface area contributed by atoms with Gasteiger partial charge in [-0.15, -0.1) is 0 Å². The number of halogens is 1. The smallest absolute Gasteiger partial charge is 0.339 e. The van der Waals surface area contributed by atoms with E-state index in [1.165, 1.54) is 19.2 Å². The fraction of sp³-hybridized carbons (Fsp3) is 0.304. The lowest BCUT2D eigenvalue weighted by atomic mass is 9.98. The highest BCUT2D eigenvalue weighted by Crippen LogP contribution is 2.18. The number of rotatable bonds is 9. The van der Waals surface area contributed by atoms with Crippen LogP contribution < -0.4 is 5.32 Å². The molecule has 31 heavy (non-hydrogen) atoms. The molecule has 2 aromatic rings. The average molecular weight is 446 g/mol. The summed E-state index contributed by atoms with van der Waals surface area (Å²) >= 11 is 5.86. The van der Waals surface area contributed by atoms with Gasteiger partial charge in [-0.05, 0) is 42.7 Å². The number of carbonyl (C=O) groups excluding carboxylic acids is 4. The van der Waals surface area contributed by atoms with Crippen LogP contribution in [0, 0.1) is 5.92 Å². The Balaban J connectivity index is 2.07. The zero-order valence-electron chi connectivity index (χ0n) is 17.5. The molecule has 0 aliphatic heterocycles. The van der Waals surface area contributed by atoms with Gasteiger partial charge in [0, 0.05) is 16.1 Å². The zero-order valence-corrected chi connectivity index (χ0v) is 18.3. The third-order valence-electron chi connectivity index (χ3n) is 4.36. The van der Waals surface area contributed by atoms with Crippen LogP contribution in [0.25, 0.3) is 0 Å². The molecule has 0 aliphatic rings. The van der Waals surface area contributed by atoms with Gasteiger partial charge in [-0.3, -0.25) is 9.59 Å². The summed E-state index contributed by atoms with van der Waals surface area (Å²) in [7, 11) is 1.23. The average Bonchev–Trinajstić information content (AvgIpc) is 2.76. The van der Waals surface area contributed by atoms with E-state index in [0.717, 1.165) is 0 Å². The first-order valence-electron chi connectivity index (χ1n) is 9.66. The number of hydrogen-bond donors (Lipinski definition) is 1. The summed E-state index contributed by atoms with van der Waals surface area (Å²) in [4.78, 5) is 49.4. The van der Waals surface area contributed by atoms with Crippen LogP contribution in [0.2, 0.25) is 5.02 Å². The maximum absolute atomic E-state index is 12.8.